The number of para-hydroxylation sites is 1. The molecule has 0 unspecified atom stereocenters. The summed E-state index contributed by atoms with van der Waals surface area (Å²) in [7, 11) is 1.65. The summed E-state index contributed by atoms with van der Waals surface area (Å²) in [6.45, 7) is 6.93. The number of hydrogen-bond acceptors (Lipinski definition) is 4. The Labute approximate surface area is 166 Å². The van der Waals surface area contributed by atoms with Crippen molar-refractivity contribution in [2.75, 3.05) is 46.5 Å². The standard InChI is InChI=1S/C22H28N2O4/c1-3-27-21-15-18(9-10-20(21)26-2)16-23-11-13-24(14-12-23)22(25)17-28-19-7-5-4-6-8-19/h4-10,15H,3,11-14,16-17H2,1-2H3/p+1. The van der Waals surface area contributed by atoms with Gasteiger partial charge in [-0.05, 0) is 37.3 Å². The van der Waals surface area contributed by atoms with Crippen LogP contribution < -0.4 is 19.1 Å². The first-order valence-corrected chi connectivity index (χ1v) is 9.78. The molecule has 6 heteroatoms. The van der Waals surface area contributed by atoms with Gasteiger partial charge in [0.15, 0.2) is 18.1 Å². The fourth-order valence-electron chi connectivity index (χ4n) is 3.39. The molecule has 2 aromatic rings. The SMILES string of the molecule is CCOc1cc(C[NH+]2CCN(C(=O)COc3ccccc3)CC2)ccc1OC. The molecule has 150 valence electrons. The molecule has 0 spiro atoms. The lowest BCUT2D eigenvalue weighted by Crippen LogP contribution is -3.13. The van der Waals surface area contributed by atoms with Crippen molar-refractivity contribution in [3.63, 3.8) is 0 Å². The van der Waals surface area contributed by atoms with Crippen LogP contribution in [0.1, 0.15) is 12.5 Å². The van der Waals surface area contributed by atoms with Gasteiger partial charge in [-0.25, -0.2) is 0 Å². The third-order valence-electron chi connectivity index (χ3n) is 4.91. The first-order valence-electron chi connectivity index (χ1n) is 9.78. The summed E-state index contributed by atoms with van der Waals surface area (Å²) in [5.74, 6) is 2.32. The van der Waals surface area contributed by atoms with Crippen LogP contribution in [0.3, 0.4) is 0 Å². The van der Waals surface area contributed by atoms with Gasteiger partial charge in [-0.2, -0.15) is 0 Å². The fourth-order valence-corrected chi connectivity index (χ4v) is 3.39. The maximum Gasteiger partial charge on any atom is 0.260 e. The predicted molar refractivity (Wildman–Crippen MR) is 107 cm³/mol. The number of quaternary nitrogens is 1. The number of benzene rings is 2. The molecule has 3 rings (SSSR count). The Morgan fingerprint density at radius 3 is 2.46 bits per heavy atom. The maximum absolute atomic E-state index is 12.4. The highest BCUT2D eigenvalue weighted by molar-refractivity contribution is 5.77. The highest BCUT2D eigenvalue weighted by Crippen LogP contribution is 2.27. The summed E-state index contributed by atoms with van der Waals surface area (Å²) in [5, 5.41) is 0. The Kier molecular flexibility index (Phi) is 7.14. The molecule has 1 saturated heterocycles. The fraction of sp³-hybridized carbons (Fsp3) is 0.409. The van der Waals surface area contributed by atoms with Crippen molar-refractivity contribution in [2.24, 2.45) is 0 Å². The van der Waals surface area contributed by atoms with E-state index in [9.17, 15) is 4.79 Å². The molecule has 0 aliphatic carbocycles. The van der Waals surface area contributed by atoms with Gasteiger partial charge in [0.2, 0.25) is 0 Å². The van der Waals surface area contributed by atoms with Crippen LogP contribution in [-0.2, 0) is 11.3 Å². The number of nitrogens with one attached hydrogen (secondary N) is 1. The van der Waals surface area contributed by atoms with Gasteiger partial charge in [-0.3, -0.25) is 4.79 Å². The minimum Gasteiger partial charge on any atom is -0.493 e. The largest absolute Gasteiger partial charge is 0.493 e. The minimum atomic E-state index is 0.0472. The van der Waals surface area contributed by atoms with Crippen molar-refractivity contribution in [3.05, 3.63) is 54.1 Å². The number of nitrogens with zero attached hydrogens (tertiary/aromatic N) is 1. The molecule has 6 nitrogen and oxygen atoms in total. The molecule has 28 heavy (non-hydrogen) atoms. The summed E-state index contributed by atoms with van der Waals surface area (Å²) in [6, 6.07) is 15.6. The van der Waals surface area contributed by atoms with E-state index < -0.39 is 0 Å². The third kappa shape index (κ3) is 5.39. The Balaban J connectivity index is 1.47. The highest BCUT2D eigenvalue weighted by Gasteiger charge is 2.24. The van der Waals surface area contributed by atoms with Gasteiger partial charge in [-0.15, -0.1) is 0 Å². The number of ether oxygens (including phenoxy) is 3. The average molecular weight is 385 g/mol. The van der Waals surface area contributed by atoms with Gasteiger partial charge in [0.1, 0.15) is 12.3 Å². The summed E-state index contributed by atoms with van der Waals surface area (Å²) in [6.07, 6.45) is 0. The quantitative estimate of drug-likeness (QED) is 0.746. The molecule has 1 aliphatic rings. The van der Waals surface area contributed by atoms with E-state index in [0.29, 0.717) is 6.61 Å². The van der Waals surface area contributed by atoms with E-state index in [-0.39, 0.29) is 12.5 Å². The van der Waals surface area contributed by atoms with Crippen molar-refractivity contribution in [2.45, 2.75) is 13.5 Å². The number of carbonyl (C=O) groups is 1. The van der Waals surface area contributed by atoms with Crippen LogP contribution in [0.5, 0.6) is 17.2 Å². The van der Waals surface area contributed by atoms with Gasteiger partial charge in [0.25, 0.3) is 5.91 Å². The van der Waals surface area contributed by atoms with Gasteiger partial charge >= 0.3 is 0 Å². The Morgan fingerprint density at radius 1 is 1.04 bits per heavy atom. The van der Waals surface area contributed by atoms with E-state index in [1.165, 1.54) is 10.5 Å². The topological polar surface area (TPSA) is 52.4 Å². The van der Waals surface area contributed by atoms with E-state index in [2.05, 4.69) is 12.1 Å². The lowest BCUT2D eigenvalue weighted by atomic mass is 10.1. The lowest BCUT2D eigenvalue weighted by molar-refractivity contribution is -0.917. The maximum atomic E-state index is 12.4. The minimum absolute atomic E-state index is 0.0472. The van der Waals surface area contributed by atoms with Gasteiger partial charge in [-0.1, -0.05) is 18.2 Å². The molecule has 0 atom stereocenters. The normalized spacial score (nSPS) is 14.6. The number of hydrogen-bond donors (Lipinski definition) is 1. The molecular formula is C22H29N2O4+. The predicted octanol–water partition coefficient (Wildman–Crippen LogP) is 1.40. The van der Waals surface area contributed by atoms with Crippen molar-refractivity contribution >= 4 is 5.91 Å². The van der Waals surface area contributed by atoms with Gasteiger partial charge < -0.3 is 24.0 Å². The third-order valence-corrected chi connectivity index (χ3v) is 4.91. The number of amides is 1. The van der Waals surface area contributed by atoms with Crippen molar-refractivity contribution in [1.82, 2.24) is 4.90 Å². The summed E-state index contributed by atoms with van der Waals surface area (Å²) in [4.78, 5) is 15.7. The van der Waals surface area contributed by atoms with Crippen LogP contribution in [0.4, 0.5) is 0 Å². The van der Waals surface area contributed by atoms with Crippen LogP contribution in [0.2, 0.25) is 0 Å². The van der Waals surface area contributed by atoms with Crippen LogP contribution in [0, 0.1) is 0 Å². The van der Waals surface area contributed by atoms with Crippen LogP contribution in [0.25, 0.3) is 0 Å². The highest BCUT2D eigenvalue weighted by atomic mass is 16.5. The smallest absolute Gasteiger partial charge is 0.260 e. The average Bonchev–Trinajstić information content (AvgIpc) is 2.74. The van der Waals surface area contributed by atoms with Gasteiger partial charge in [0.05, 0.1) is 39.9 Å². The van der Waals surface area contributed by atoms with Crippen LogP contribution in [-0.4, -0.2) is 57.3 Å². The van der Waals surface area contributed by atoms with Crippen LogP contribution in [0.15, 0.2) is 48.5 Å². The summed E-state index contributed by atoms with van der Waals surface area (Å²) in [5.41, 5.74) is 1.21. The molecular weight excluding hydrogens is 356 g/mol. The zero-order chi connectivity index (χ0) is 19.8. The second-order valence-electron chi connectivity index (χ2n) is 6.83. The second kappa shape index (κ2) is 9.99. The molecule has 0 saturated carbocycles. The molecule has 1 aliphatic heterocycles. The lowest BCUT2D eigenvalue weighted by Gasteiger charge is -2.32. The zero-order valence-electron chi connectivity index (χ0n) is 16.6. The van der Waals surface area contributed by atoms with E-state index in [1.807, 2.05) is 48.2 Å². The number of rotatable bonds is 8. The Bertz CT molecular complexity index is 758. The van der Waals surface area contributed by atoms with Crippen molar-refractivity contribution in [1.29, 1.82) is 0 Å². The van der Waals surface area contributed by atoms with E-state index in [1.54, 1.807) is 7.11 Å². The molecule has 1 N–H and O–H groups in total. The molecule has 0 aromatic heterocycles. The first kappa shape index (κ1) is 20.0. The first-order chi connectivity index (χ1) is 13.7. The van der Waals surface area contributed by atoms with E-state index in [0.717, 1.165) is 50.0 Å². The van der Waals surface area contributed by atoms with Crippen molar-refractivity contribution in [3.8, 4) is 17.2 Å². The molecule has 1 fully saturated rings. The molecule has 1 heterocycles. The number of methoxy groups -OCH3 is 1. The molecule has 0 bridgehead atoms. The van der Waals surface area contributed by atoms with E-state index in [4.69, 9.17) is 14.2 Å². The molecule has 0 radical (unpaired) electrons. The van der Waals surface area contributed by atoms with Crippen LogP contribution >= 0.6 is 0 Å². The summed E-state index contributed by atoms with van der Waals surface area (Å²) < 4.78 is 16.6. The molecule has 2 aromatic carbocycles. The van der Waals surface area contributed by atoms with E-state index >= 15 is 0 Å². The molecule has 1 amide bonds. The second-order valence-corrected chi connectivity index (χ2v) is 6.83. The van der Waals surface area contributed by atoms with Crippen molar-refractivity contribution < 1.29 is 23.9 Å². The Morgan fingerprint density at radius 2 is 1.79 bits per heavy atom. The number of carbonyl (C=O) groups excluding carboxylic acids is 1. The monoisotopic (exact) mass is 385 g/mol. The summed E-state index contributed by atoms with van der Waals surface area (Å²) >= 11 is 0. The van der Waals surface area contributed by atoms with Gasteiger partial charge in [0, 0.05) is 5.56 Å². The Hall–Kier alpha value is -2.73. The number of piperazine rings is 1. The zero-order valence-corrected chi connectivity index (χ0v) is 16.6.